The molecule has 0 saturated carbocycles. The molecule has 0 spiro atoms. The van der Waals surface area contributed by atoms with E-state index >= 15 is 0 Å². The lowest BCUT2D eigenvalue weighted by molar-refractivity contribution is 0.121. The number of halogens is 3. The second-order valence-electron chi connectivity index (χ2n) is 7.36. The van der Waals surface area contributed by atoms with Crippen molar-refractivity contribution < 1.29 is 13.2 Å². The normalized spacial score (nSPS) is 12.5. The summed E-state index contributed by atoms with van der Waals surface area (Å²) in [6.45, 7) is 0. The van der Waals surface area contributed by atoms with Crippen molar-refractivity contribution >= 4 is 11.6 Å². The summed E-state index contributed by atoms with van der Waals surface area (Å²) < 4.78 is 42.8. The fraction of sp³-hybridized carbons (Fsp3) is 0.136. The molecule has 0 aliphatic heterocycles. The Morgan fingerprint density at radius 3 is 2.61 bits per heavy atom. The van der Waals surface area contributed by atoms with Crippen LogP contribution < -0.4 is 5.73 Å². The molecule has 0 fully saturated rings. The van der Waals surface area contributed by atoms with Gasteiger partial charge in [-0.1, -0.05) is 12.1 Å². The molecule has 0 bridgehead atoms. The van der Waals surface area contributed by atoms with Crippen LogP contribution in [0.3, 0.4) is 0 Å². The number of hydrogen-bond donors (Lipinski definition) is 1. The van der Waals surface area contributed by atoms with E-state index in [1.54, 1.807) is 47.5 Å². The number of fused-ring (bicyclic) bond motifs is 1. The van der Waals surface area contributed by atoms with Crippen LogP contribution in [0.1, 0.15) is 18.0 Å². The lowest BCUT2D eigenvalue weighted by Crippen LogP contribution is -2.14. The van der Waals surface area contributed by atoms with Gasteiger partial charge in [0.15, 0.2) is 11.5 Å². The molecule has 8 nitrogen and oxygen atoms in total. The average Bonchev–Trinajstić information content (AvgIpc) is 3.44. The van der Waals surface area contributed by atoms with Gasteiger partial charge in [-0.15, -0.1) is 5.10 Å². The maximum Gasteiger partial charge on any atom is 0.241 e. The zero-order chi connectivity index (χ0) is 22.9. The van der Waals surface area contributed by atoms with Crippen molar-refractivity contribution in [3.8, 4) is 22.6 Å². The van der Waals surface area contributed by atoms with Crippen molar-refractivity contribution in [2.75, 3.05) is 5.73 Å². The molecule has 11 heteroatoms. The number of benzene rings is 1. The smallest absolute Gasteiger partial charge is 0.241 e. The third-order valence-corrected chi connectivity index (χ3v) is 5.14. The number of nitrogens with two attached hydrogens (primary N) is 1. The summed E-state index contributed by atoms with van der Waals surface area (Å²) in [5, 5.41) is 8.32. The van der Waals surface area contributed by atoms with Crippen LogP contribution in [0.5, 0.6) is 0 Å². The van der Waals surface area contributed by atoms with Gasteiger partial charge in [-0.3, -0.25) is 4.68 Å². The van der Waals surface area contributed by atoms with Gasteiger partial charge in [0.2, 0.25) is 12.4 Å². The van der Waals surface area contributed by atoms with Crippen LogP contribution in [0.4, 0.5) is 19.1 Å². The number of hydrogen-bond acceptors (Lipinski definition) is 6. The van der Waals surface area contributed by atoms with Crippen LogP contribution in [0.15, 0.2) is 67.3 Å². The number of nitrogens with zero attached hydrogens (tertiary/aromatic N) is 7. The van der Waals surface area contributed by atoms with E-state index < -0.39 is 24.7 Å². The summed E-state index contributed by atoms with van der Waals surface area (Å²) in [5.74, 6) is 0.178. The third-order valence-electron chi connectivity index (χ3n) is 5.14. The minimum Gasteiger partial charge on any atom is -0.366 e. The molecule has 0 saturated heterocycles. The van der Waals surface area contributed by atoms with E-state index in [2.05, 4.69) is 25.1 Å². The van der Waals surface area contributed by atoms with Crippen LogP contribution in [-0.4, -0.2) is 40.8 Å². The Balaban J connectivity index is 1.47. The fourth-order valence-electron chi connectivity index (χ4n) is 3.59. The highest BCUT2D eigenvalue weighted by molar-refractivity contribution is 5.65. The van der Waals surface area contributed by atoms with Gasteiger partial charge in [0.25, 0.3) is 0 Å². The van der Waals surface area contributed by atoms with Crippen LogP contribution in [0, 0.1) is 5.82 Å². The summed E-state index contributed by atoms with van der Waals surface area (Å²) in [4.78, 5) is 13.1. The molecule has 33 heavy (non-hydrogen) atoms. The lowest BCUT2D eigenvalue weighted by atomic mass is 10.0. The van der Waals surface area contributed by atoms with Gasteiger partial charge in [0.05, 0.1) is 17.9 Å². The van der Waals surface area contributed by atoms with Gasteiger partial charge in [0, 0.05) is 36.1 Å². The molecular formula is C22H17F3N8. The number of rotatable bonds is 6. The first-order valence-electron chi connectivity index (χ1n) is 10.00. The Bertz CT molecular complexity index is 1410. The summed E-state index contributed by atoms with van der Waals surface area (Å²) in [6.07, 6.45) is 3.50. The third kappa shape index (κ3) is 4.25. The van der Waals surface area contributed by atoms with Crippen molar-refractivity contribution in [2.45, 2.75) is 18.9 Å². The number of alkyl halides is 2. The largest absolute Gasteiger partial charge is 0.366 e. The highest BCUT2D eigenvalue weighted by Gasteiger charge is 2.21. The Kier molecular flexibility index (Phi) is 5.21. The quantitative estimate of drug-likeness (QED) is 0.420. The Hall–Kier alpha value is -4.28. The molecule has 0 radical (unpaired) electrons. The molecule has 166 valence electrons. The minimum absolute atomic E-state index is 0.161. The predicted octanol–water partition coefficient (Wildman–Crippen LogP) is 4.02. The van der Waals surface area contributed by atoms with Crippen molar-refractivity contribution in [3.63, 3.8) is 0 Å². The zero-order valence-corrected chi connectivity index (χ0v) is 17.1. The van der Waals surface area contributed by atoms with Crippen molar-refractivity contribution in [2.24, 2.45) is 0 Å². The second kappa shape index (κ2) is 8.34. The monoisotopic (exact) mass is 450 g/mol. The topological polar surface area (TPSA) is 99.8 Å². The zero-order valence-electron chi connectivity index (χ0n) is 17.1. The van der Waals surface area contributed by atoms with E-state index in [1.165, 1.54) is 28.9 Å². The molecule has 0 aliphatic rings. The van der Waals surface area contributed by atoms with Crippen LogP contribution >= 0.6 is 0 Å². The minimum atomic E-state index is -2.56. The van der Waals surface area contributed by atoms with Crippen molar-refractivity contribution in [1.29, 1.82) is 0 Å². The summed E-state index contributed by atoms with van der Waals surface area (Å²) in [5.41, 5.74) is 8.65. The highest BCUT2D eigenvalue weighted by Crippen LogP contribution is 2.28. The molecule has 4 aromatic heterocycles. The van der Waals surface area contributed by atoms with Crippen LogP contribution in [0.2, 0.25) is 0 Å². The van der Waals surface area contributed by atoms with E-state index in [4.69, 9.17) is 5.73 Å². The van der Waals surface area contributed by atoms with Crippen LogP contribution in [-0.2, 0) is 0 Å². The van der Waals surface area contributed by atoms with Gasteiger partial charge in [0.1, 0.15) is 5.82 Å². The van der Waals surface area contributed by atoms with Gasteiger partial charge < -0.3 is 5.73 Å². The van der Waals surface area contributed by atoms with Gasteiger partial charge in [-0.25, -0.2) is 27.7 Å². The number of pyridine rings is 1. The van der Waals surface area contributed by atoms with E-state index in [1.807, 2.05) is 0 Å². The standard InChI is InChI=1S/C22H17F3N8/c23-16-3-1-13(2-4-16)18(10-19(24)25)33-12-15(11-28-33)17-5-7-27-21(29-17)14-6-8-32-20(9-14)30-22(26)31-32/h1-9,11-12,18-19H,10H2,(H2,26,31). The maximum absolute atomic E-state index is 13.3. The summed E-state index contributed by atoms with van der Waals surface area (Å²) in [7, 11) is 0. The SMILES string of the molecule is Nc1nc2cc(-c3nccc(-c4cnn(C(CC(F)F)c5ccc(F)cc5)c4)n3)ccn2n1. The highest BCUT2D eigenvalue weighted by atomic mass is 19.3. The Morgan fingerprint density at radius 1 is 1.00 bits per heavy atom. The van der Waals surface area contributed by atoms with E-state index in [-0.39, 0.29) is 5.95 Å². The molecule has 1 aromatic carbocycles. The first-order chi connectivity index (χ1) is 16.0. The summed E-state index contributed by atoms with van der Waals surface area (Å²) in [6, 6.07) is 9.97. The summed E-state index contributed by atoms with van der Waals surface area (Å²) >= 11 is 0. The fourth-order valence-corrected chi connectivity index (χ4v) is 3.59. The lowest BCUT2D eigenvalue weighted by Gasteiger charge is -2.17. The van der Waals surface area contributed by atoms with Gasteiger partial charge in [-0.05, 0) is 35.9 Å². The maximum atomic E-state index is 13.3. The predicted molar refractivity (Wildman–Crippen MR) is 115 cm³/mol. The molecule has 1 unspecified atom stereocenters. The average molecular weight is 450 g/mol. The number of nitrogen functional groups attached to an aromatic ring is 1. The molecule has 0 amide bonds. The Labute approximate surface area is 185 Å². The van der Waals surface area contributed by atoms with Gasteiger partial charge in [-0.2, -0.15) is 10.1 Å². The molecule has 5 rings (SSSR count). The van der Waals surface area contributed by atoms with Gasteiger partial charge >= 0.3 is 0 Å². The van der Waals surface area contributed by atoms with Crippen LogP contribution in [0.25, 0.3) is 28.3 Å². The number of aromatic nitrogens is 7. The molecule has 0 aliphatic carbocycles. The molecule has 5 aromatic rings. The molecule has 2 N–H and O–H groups in total. The molecule has 4 heterocycles. The second-order valence-corrected chi connectivity index (χ2v) is 7.36. The number of anilines is 1. The van der Waals surface area contributed by atoms with Crippen molar-refractivity contribution in [1.82, 2.24) is 34.3 Å². The van der Waals surface area contributed by atoms with Crippen molar-refractivity contribution in [3.05, 3.63) is 78.6 Å². The first-order valence-corrected chi connectivity index (χ1v) is 10.00. The molecular weight excluding hydrogens is 433 g/mol. The molecule has 1 atom stereocenters. The van der Waals surface area contributed by atoms with E-state index in [9.17, 15) is 13.2 Å². The Morgan fingerprint density at radius 2 is 1.82 bits per heavy atom. The van der Waals surface area contributed by atoms with E-state index in [0.717, 1.165) is 0 Å². The van der Waals surface area contributed by atoms with E-state index in [0.29, 0.717) is 33.9 Å². The first kappa shape index (κ1) is 20.6.